The van der Waals surface area contributed by atoms with Crippen molar-refractivity contribution in [3.05, 3.63) is 29.3 Å². The molecule has 0 amide bonds. The zero-order valence-electron chi connectivity index (χ0n) is 8.04. The molecule has 3 heteroatoms. The third-order valence-corrected chi connectivity index (χ3v) is 2.15. The molecule has 3 nitrogen and oxygen atoms in total. The Labute approximate surface area is 78.4 Å². The van der Waals surface area contributed by atoms with Crippen molar-refractivity contribution in [1.29, 1.82) is 0 Å². The Morgan fingerprint density at radius 3 is 2.54 bits per heavy atom. The van der Waals surface area contributed by atoms with Gasteiger partial charge in [-0.15, -0.1) is 0 Å². The zero-order chi connectivity index (χ0) is 10.1. The molecule has 0 fully saturated rings. The van der Waals surface area contributed by atoms with Gasteiger partial charge in [0, 0.05) is 5.69 Å². The summed E-state index contributed by atoms with van der Waals surface area (Å²) >= 11 is 0. The van der Waals surface area contributed by atoms with Gasteiger partial charge in [-0.3, -0.25) is 0 Å². The van der Waals surface area contributed by atoms with E-state index >= 15 is 0 Å². The van der Waals surface area contributed by atoms with Crippen LogP contribution >= 0.6 is 0 Å². The molecule has 0 aliphatic heterocycles. The molecule has 0 saturated carbocycles. The Morgan fingerprint density at radius 2 is 2.08 bits per heavy atom. The van der Waals surface area contributed by atoms with Crippen molar-refractivity contribution >= 4 is 5.69 Å². The number of aliphatic hydroxyl groups is 1. The van der Waals surface area contributed by atoms with E-state index in [4.69, 9.17) is 16.6 Å². The summed E-state index contributed by atoms with van der Waals surface area (Å²) in [5.41, 5.74) is 13.4. The Morgan fingerprint density at radius 1 is 1.46 bits per heavy atom. The second-order valence-electron chi connectivity index (χ2n) is 3.67. The Balaban J connectivity index is 3.16. The van der Waals surface area contributed by atoms with E-state index in [1.54, 1.807) is 6.92 Å². The highest BCUT2D eigenvalue weighted by Gasteiger charge is 2.22. The maximum Gasteiger partial charge on any atom is 0.0651 e. The summed E-state index contributed by atoms with van der Waals surface area (Å²) in [6, 6.07) is 5.66. The van der Waals surface area contributed by atoms with Gasteiger partial charge in [0.25, 0.3) is 0 Å². The number of aryl methyl sites for hydroxylation is 1. The third-order valence-electron chi connectivity index (χ3n) is 2.15. The fourth-order valence-corrected chi connectivity index (χ4v) is 1.29. The molecule has 0 spiro atoms. The average molecular weight is 180 g/mol. The average Bonchev–Trinajstić information content (AvgIpc) is 2.03. The zero-order valence-corrected chi connectivity index (χ0v) is 8.04. The Hall–Kier alpha value is -1.06. The van der Waals surface area contributed by atoms with Crippen LogP contribution in [0.3, 0.4) is 0 Å². The van der Waals surface area contributed by atoms with Crippen molar-refractivity contribution in [3.63, 3.8) is 0 Å². The molecule has 1 aromatic rings. The van der Waals surface area contributed by atoms with Crippen LogP contribution in [-0.2, 0) is 5.54 Å². The van der Waals surface area contributed by atoms with Gasteiger partial charge in [-0.1, -0.05) is 12.1 Å². The molecule has 0 aromatic heterocycles. The second kappa shape index (κ2) is 3.36. The first-order valence-corrected chi connectivity index (χ1v) is 4.24. The van der Waals surface area contributed by atoms with E-state index < -0.39 is 5.54 Å². The SMILES string of the molecule is Cc1ccc(C(C)(N)CO)c(N)c1. The molecule has 0 aliphatic carbocycles. The van der Waals surface area contributed by atoms with Crippen molar-refractivity contribution < 1.29 is 5.11 Å². The number of benzene rings is 1. The standard InChI is InChI=1S/C10H16N2O/c1-7-3-4-8(9(11)5-7)10(2,12)6-13/h3-5,13H,6,11-12H2,1-2H3. The van der Waals surface area contributed by atoms with E-state index in [1.807, 2.05) is 25.1 Å². The minimum absolute atomic E-state index is 0.111. The van der Waals surface area contributed by atoms with Gasteiger partial charge in [0.1, 0.15) is 0 Å². The number of anilines is 1. The van der Waals surface area contributed by atoms with Crippen molar-refractivity contribution in [2.45, 2.75) is 19.4 Å². The summed E-state index contributed by atoms with van der Waals surface area (Å²) in [4.78, 5) is 0. The highest BCUT2D eigenvalue weighted by atomic mass is 16.3. The van der Waals surface area contributed by atoms with Gasteiger partial charge in [0.05, 0.1) is 12.1 Å². The third kappa shape index (κ3) is 1.99. The second-order valence-corrected chi connectivity index (χ2v) is 3.67. The fourth-order valence-electron chi connectivity index (χ4n) is 1.29. The number of nitrogens with two attached hydrogens (primary N) is 2. The molecule has 0 radical (unpaired) electrons. The summed E-state index contributed by atoms with van der Waals surface area (Å²) < 4.78 is 0. The summed E-state index contributed by atoms with van der Waals surface area (Å²) in [7, 11) is 0. The van der Waals surface area contributed by atoms with Crippen LogP contribution in [0.4, 0.5) is 5.69 Å². The van der Waals surface area contributed by atoms with Gasteiger partial charge in [-0.05, 0) is 31.0 Å². The molecule has 72 valence electrons. The van der Waals surface area contributed by atoms with Gasteiger partial charge in [-0.2, -0.15) is 0 Å². The van der Waals surface area contributed by atoms with Gasteiger partial charge in [0.15, 0.2) is 0 Å². The lowest BCUT2D eigenvalue weighted by atomic mass is 9.92. The smallest absolute Gasteiger partial charge is 0.0651 e. The summed E-state index contributed by atoms with van der Waals surface area (Å²) in [6.45, 7) is 3.61. The normalized spacial score (nSPS) is 15.4. The summed E-state index contributed by atoms with van der Waals surface area (Å²) in [6.07, 6.45) is 0. The first kappa shape index (κ1) is 10.0. The van der Waals surface area contributed by atoms with Crippen LogP contribution < -0.4 is 11.5 Å². The van der Waals surface area contributed by atoms with E-state index in [0.717, 1.165) is 11.1 Å². The van der Waals surface area contributed by atoms with Crippen molar-refractivity contribution in [3.8, 4) is 0 Å². The molecule has 1 atom stereocenters. The van der Waals surface area contributed by atoms with Crippen molar-refractivity contribution in [2.75, 3.05) is 12.3 Å². The number of nitrogen functional groups attached to an aromatic ring is 1. The van der Waals surface area contributed by atoms with Crippen LogP contribution in [0.2, 0.25) is 0 Å². The van der Waals surface area contributed by atoms with Crippen LogP contribution in [0.15, 0.2) is 18.2 Å². The lowest BCUT2D eigenvalue weighted by Gasteiger charge is -2.24. The van der Waals surface area contributed by atoms with Crippen LogP contribution in [0, 0.1) is 6.92 Å². The number of hydrogen-bond donors (Lipinski definition) is 3. The maximum atomic E-state index is 9.06. The van der Waals surface area contributed by atoms with E-state index in [2.05, 4.69) is 0 Å². The van der Waals surface area contributed by atoms with Crippen LogP contribution in [0.1, 0.15) is 18.1 Å². The van der Waals surface area contributed by atoms with Crippen molar-refractivity contribution in [2.24, 2.45) is 5.73 Å². The first-order valence-electron chi connectivity index (χ1n) is 4.24. The molecule has 1 rings (SSSR count). The molecule has 0 saturated heterocycles. The lowest BCUT2D eigenvalue weighted by Crippen LogP contribution is -2.37. The van der Waals surface area contributed by atoms with Gasteiger partial charge in [0.2, 0.25) is 0 Å². The first-order chi connectivity index (χ1) is 5.97. The quantitative estimate of drug-likeness (QED) is 0.588. The molecule has 0 aliphatic rings. The predicted molar refractivity (Wildman–Crippen MR) is 54.2 cm³/mol. The molecular weight excluding hydrogens is 164 g/mol. The molecular formula is C10H16N2O. The number of rotatable bonds is 2. The van der Waals surface area contributed by atoms with Crippen molar-refractivity contribution in [1.82, 2.24) is 0 Å². The highest BCUT2D eigenvalue weighted by Crippen LogP contribution is 2.24. The van der Waals surface area contributed by atoms with Gasteiger partial charge >= 0.3 is 0 Å². The van der Waals surface area contributed by atoms with E-state index in [9.17, 15) is 0 Å². The van der Waals surface area contributed by atoms with E-state index in [-0.39, 0.29) is 6.61 Å². The van der Waals surface area contributed by atoms with Crippen LogP contribution in [0.5, 0.6) is 0 Å². The summed E-state index contributed by atoms with van der Waals surface area (Å²) in [5, 5.41) is 9.06. The molecule has 1 unspecified atom stereocenters. The van der Waals surface area contributed by atoms with Crippen LogP contribution in [0.25, 0.3) is 0 Å². The molecule has 0 bridgehead atoms. The molecule has 5 N–H and O–H groups in total. The van der Waals surface area contributed by atoms with Gasteiger partial charge in [-0.25, -0.2) is 0 Å². The topological polar surface area (TPSA) is 72.3 Å². The Bertz CT molecular complexity index is 308. The largest absolute Gasteiger partial charge is 0.398 e. The maximum absolute atomic E-state index is 9.06. The molecule has 13 heavy (non-hydrogen) atoms. The fraction of sp³-hybridized carbons (Fsp3) is 0.400. The van der Waals surface area contributed by atoms with E-state index in [1.165, 1.54) is 0 Å². The van der Waals surface area contributed by atoms with Crippen LogP contribution in [-0.4, -0.2) is 11.7 Å². The monoisotopic (exact) mass is 180 g/mol. The molecule has 1 aromatic carbocycles. The highest BCUT2D eigenvalue weighted by molar-refractivity contribution is 5.52. The summed E-state index contributed by atoms with van der Waals surface area (Å²) in [5.74, 6) is 0. The number of hydrogen-bond acceptors (Lipinski definition) is 3. The minimum Gasteiger partial charge on any atom is -0.398 e. The lowest BCUT2D eigenvalue weighted by molar-refractivity contribution is 0.210. The number of aliphatic hydroxyl groups excluding tert-OH is 1. The minimum atomic E-state index is -0.752. The molecule has 0 heterocycles. The van der Waals surface area contributed by atoms with Gasteiger partial charge < -0.3 is 16.6 Å². The Kier molecular flexibility index (Phi) is 2.59. The predicted octanol–water partition coefficient (Wildman–Crippen LogP) is 0.743. The van der Waals surface area contributed by atoms with E-state index in [0.29, 0.717) is 5.69 Å².